The summed E-state index contributed by atoms with van der Waals surface area (Å²) < 4.78 is 52.4. The van der Waals surface area contributed by atoms with Crippen LogP contribution in [0.2, 0.25) is 0 Å². The number of morpholine rings is 1. The molecule has 3 aromatic carbocycles. The first kappa shape index (κ1) is 32.7. The molecule has 0 aliphatic carbocycles. The Labute approximate surface area is 274 Å². The van der Waals surface area contributed by atoms with E-state index in [2.05, 4.69) is 15.1 Å². The highest BCUT2D eigenvalue weighted by Crippen LogP contribution is 2.27. The first-order valence-electron chi connectivity index (χ1n) is 15.1. The molecule has 1 amide bonds. The Kier molecular flexibility index (Phi) is 9.70. The number of rotatable bonds is 12. The van der Waals surface area contributed by atoms with Crippen LogP contribution in [0.15, 0.2) is 96.6 Å². The fourth-order valence-electron chi connectivity index (χ4n) is 5.28. The van der Waals surface area contributed by atoms with Gasteiger partial charge in [-0.3, -0.25) is 14.3 Å². The molecule has 0 radical (unpaired) electrons. The lowest BCUT2D eigenvalue weighted by Gasteiger charge is -2.25. The molecule has 48 heavy (non-hydrogen) atoms. The number of benzene rings is 3. The van der Waals surface area contributed by atoms with E-state index in [9.17, 15) is 23.2 Å². The molecule has 1 saturated heterocycles. The summed E-state index contributed by atoms with van der Waals surface area (Å²) in [5.74, 6) is -0.209. The lowest BCUT2D eigenvalue weighted by molar-refractivity contribution is -0.832. The van der Waals surface area contributed by atoms with E-state index in [-0.39, 0.29) is 28.9 Å². The first-order chi connectivity index (χ1) is 23.2. The molecule has 15 heteroatoms. The smallest absolute Gasteiger partial charge is 0.415 e. The van der Waals surface area contributed by atoms with Crippen molar-refractivity contribution >= 4 is 32.4 Å². The van der Waals surface area contributed by atoms with E-state index in [1.54, 1.807) is 24.3 Å². The van der Waals surface area contributed by atoms with Gasteiger partial charge in [-0.2, -0.15) is 0 Å². The lowest BCUT2D eigenvalue weighted by atomic mass is 9.99. The van der Waals surface area contributed by atoms with Crippen LogP contribution in [0.25, 0.3) is 11.0 Å². The summed E-state index contributed by atoms with van der Waals surface area (Å²) in [5, 5.41) is 18.4. The Morgan fingerprint density at radius 1 is 1.02 bits per heavy atom. The van der Waals surface area contributed by atoms with Gasteiger partial charge in [-0.05, 0) is 59.4 Å². The minimum Gasteiger partial charge on any atom is -0.490 e. The van der Waals surface area contributed by atoms with Gasteiger partial charge in [-0.1, -0.05) is 30.3 Å². The molecular formula is C33H32N4O10S. The van der Waals surface area contributed by atoms with Crippen LogP contribution in [0.1, 0.15) is 16.7 Å². The van der Waals surface area contributed by atoms with Crippen LogP contribution in [0, 0.1) is 12.1 Å². The number of ether oxygens (including phenoxy) is 3. The summed E-state index contributed by atoms with van der Waals surface area (Å²) in [6.07, 6.45) is 0.342. The quantitative estimate of drug-likeness (QED) is 0.116. The van der Waals surface area contributed by atoms with Crippen LogP contribution in [0.4, 0.5) is 5.69 Å². The van der Waals surface area contributed by atoms with Gasteiger partial charge in [-0.25, -0.2) is 13.2 Å². The Bertz CT molecular complexity index is 2070. The minimum atomic E-state index is -4.25. The number of aromatic nitrogens is 2. The molecule has 1 aliphatic rings. The largest absolute Gasteiger partial charge is 0.490 e. The zero-order chi connectivity index (χ0) is 33.7. The summed E-state index contributed by atoms with van der Waals surface area (Å²) >= 11 is 0. The first-order valence-corrected chi connectivity index (χ1v) is 16.6. The number of sulfone groups is 1. The van der Waals surface area contributed by atoms with Crippen molar-refractivity contribution in [3.8, 4) is 11.6 Å². The molecular weight excluding hydrogens is 644 g/mol. The van der Waals surface area contributed by atoms with E-state index in [0.29, 0.717) is 48.8 Å². The topological polar surface area (TPSA) is 177 Å². The molecule has 1 N–H and O–H groups in total. The summed E-state index contributed by atoms with van der Waals surface area (Å²) in [6, 6.07) is 19.8. The SMILES string of the molecule is Cc1c(Cc2ccc(NC(=O)CN3CCOCC3)cc2)c(=O)oc2cc(OCCOc3no[n+]([O-])c3S(=O)(=O)c3ccccc3)ccc12. The normalized spacial score (nSPS) is 13.8. The number of nitrogens with one attached hydrogen (secondary N) is 1. The number of carbonyl (C=O) groups is 1. The molecule has 1 fully saturated rings. The average molecular weight is 677 g/mol. The van der Waals surface area contributed by atoms with Crippen molar-refractivity contribution in [1.82, 2.24) is 10.1 Å². The Morgan fingerprint density at radius 3 is 2.50 bits per heavy atom. The van der Waals surface area contributed by atoms with Gasteiger partial charge < -0.3 is 29.2 Å². The van der Waals surface area contributed by atoms with Crippen molar-refractivity contribution in [3.05, 3.63) is 105 Å². The number of hydrogen-bond donors (Lipinski definition) is 1. The highest BCUT2D eigenvalue weighted by molar-refractivity contribution is 7.91. The molecule has 0 bridgehead atoms. The van der Waals surface area contributed by atoms with E-state index < -0.39 is 26.4 Å². The lowest BCUT2D eigenvalue weighted by Crippen LogP contribution is -2.41. The second-order valence-electron chi connectivity index (χ2n) is 11.0. The molecule has 0 unspecified atom stereocenters. The van der Waals surface area contributed by atoms with Crippen molar-refractivity contribution in [2.45, 2.75) is 23.3 Å². The Morgan fingerprint density at radius 2 is 1.75 bits per heavy atom. The van der Waals surface area contributed by atoms with Gasteiger partial charge in [0.25, 0.3) is 9.84 Å². The van der Waals surface area contributed by atoms with Crippen LogP contribution in [0.5, 0.6) is 11.6 Å². The van der Waals surface area contributed by atoms with Crippen molar-refractivity contribution in [3.63, 3.8) is 0 Å². The molecule has 1 aliphatic heterocycles. The fourth-order valence-corrected chi connectivity index (χ4v) is 6.57. The number of aryl methyl sites for hydroxylation is 1. The molecule has 0 spiro atoms. The van der Waals surface area contributed by atoms with Crippen LogP contribution in [-0.4, -0.2) is 70.4 Å². The van der Waals surface area contributed by atoms with Crippen molar-refractivity contribution < 1.29 is 41.4 Å². The third kappa shape index (κ3) is 7.33. The number of anilines is 1. The van der Waals surface area contributed by atoms with Gasteiger partial charge in [0.1, 0.15) is 24.5 Å². The van der Waals surface area contributed by atoms with Gasteiger partial charge >= 0.3 is 16.5 Å². The molecule has 14 nitrogen and oxygen atoms in total. The van der Waals surface area contributed by atoms with Crippen molar-refractivity contribution in [2.24, 2.45) is 0 Å². The number of hydrogen-bond acceptors (Lipinski definition) is 12. The molecule has 6 rings (SSSR count). The van der Waals surface area contributed by atoms with E-state index in [1.165, 1.54) is 24.3 Å². The summed E-state index contributed by atoms with van der Waals surface area (Å²) in [6.45, 7) is 4.64. The van der Waals surface area contributed by atoms with Crippen molar-refractivity contribution in [2.75, 3.05) is 51.4 Å². The van der Waals surface area contributed by atoms with Crippen LogP contribution in [0.3, 0.4) is 0 Å². The average Bonchev–Trinajstić information content (AvgIpc) is 3.47. The monoisotopic (exact) mass is 676 g/mol. The van der Waals surface area contributed by atoms with Gasteiger partial charge in [-0.15, -0.1) is 0 Å². The van der Waals surface area contributed by atoms with Crippen molar-refractivity contribution in [1.29, 1.82) is 0 Å². The van der Waals surface area contributed by atoms with Gasteiger partial charge in [0.2, 0.25) is 5.91 Å². The number of nitrogens with zero attached hydrogens (tertiary/aromatic N) is 3. The summed E-state index contributed by atoms with van der Waals surface area (Å²) in [7, 11) is -4.25. The third-order valence-electron chi connectivity index (χ3n) is 7.79. The highest BCUT2D eigenvalue weighted by atomic mass is 32.2. The van der Waals surface area contributed by atoms with E-state index in [4.69, 9.17) is 18.6 Å². The Balaban J connectivity index is 1.06. The van der Waals surface area contributed by atoms with E-state index in [0.717, 1.165) is 29.6 Å². The maximum absolute atomic E-state index is 13.0. The molecule has 5 aromatic rings. The molecule has 0 atom stereocenters. The van der Waals surface area contributed by atoms with Crippen LogP contribution < -0.4 is 25.3 Å². The van der Waals surface area contributed by atoms with E-state index >= 15 is 0 Å². The third-order valence-corrected chi connectivity index (χ3v) is 9.52. The van der Waals surface area contributed by atoms with Gasteiger partial charge in [0.15, 0.2) is 0 Å². The zero-order valence-electron chi connectivity index (χ0n) is 25.9. The Hall–Kier alpha value is -5.25. The summed E-state index contributed by atoms with van der Waals surface area (Å²) in [5.41, 5.74) is 2.68. The van der Waals surface area contributed by atoms with Crippen LogP contribution in [-0.2, 0) is 25.8 Å². The molecule has 0 saturated carbocycles. The predicted molar refractivity (Wildman–Crippen MR) is 171 cm³/mol. The van der Waals surface area contributed by atoms with Gasteiger partial charge in [0.05, 0.1) is 29.8 Å². The van der Waals surface area contributed by atoms with Crippen LogP contribution >= 0.6 is 0 Å². The predicted octanol–water partition coefficient (Wildman–Crippen LogP) is 2.87. The fraction of sp³-hybridized carbons (Fsp3) is 0.273. The number of carbonyl (C=O) groups excluding carboxylic acids is 1. The number of fused-ring (bicyclic) bond motifs is 1. The standard InChI is InChI=1S/C33H32N4O10S/c1-22-27-12-11-25(44-17-18-45-31-32(37(40)47-35-31)48(41,42)26-5-3-2-4-6-26)20-29(27)46-33(39)28(22)19-23-7-9-24(10-8-23)34-30(38)21-36-13-15-43-16-14-36/h2-12,20H,13-19,21H2,1H3,(H,34,38). The number of amides is 1. The highest BCUT2D eigenvalue weighted by Gasteiger charge is 2.35. The maximum Gasteiger partial charge on any atom is 0.415 e. The molecule has 250 valence electrons. The maximum atomic E-state index is 13.0. The zero-order valence-corrected chi connectivity index (χ0v) is 26.7. The molecule has 3 heterocycles. The minimum absolute atomic E-state index is 0.0486. The van der Waals surface area contributed by atoms with Gasteiger partial charge in [0, 0.05) is 42.2 Å². The summed E-state index contributed by atoms with van der Waals surface area (Å²) in [4.78, 5) is 27.1. The molecule has 2 aromatic heterocycles. The van der Waals surface area contributed by atoms with E-state index in [1.807, 2.05) is 36.1 Å². The second kappa shape index (κ2) is 14.3. The second-order valence-corrected chi connectivity index (χ2v) is 12.9.